The predicted molar refractivity (Wildman–Crippen MR) is 97.4 cm³/mol. The molecule has 0 aromatic heterocycles. The Morgan fingerprint density at radius 3 is 2.62 bits per heavy atom. The molecule has 0 aromatic rings. The van der Waals surface area contributed by atoms with Crippen LogP contribution in [0.4, 0.5) is 4.79 Å². The molecule has 1 atom stereocenters. The first-order valence-electron chi connectivity index (χ1n) is 8.90. The summed E-state index contributed by atoms with van der Waals surface area (Å²) in [5, 5.41) is 0.0118. The number of rotatable bonds is 7. The van der Waals surface area contributed by atoms with Crippen LogP contribution in [0.2, 0.25) is 0 Å². The van der Waals surface area contributed by atoms with Gasteiger partial charge in [-0.1, -0.05) is 6.92 Å². The molecule has 0 aromatic carbocycles. The summed E-state index contributed by atoms with van der Waals surface area (Å²) in [5.74, 6) is 1.16. The molecule has 24 heavy (non-hydrogen) atoms. The molecular weight excluding hydrogens is 326 g/mol. The highest BCUT2D eigenvalue weighted by atomic mass is 32.2. The van der Waals surface area contributed by atoms with E-state index in [1.54, 1.807) is 11.8 Å². The molecule has 6 nitrogen and oxygen atoms in total. The van der Waals surface area contributed by atoms with Gasteiger partial charge in [-0.3, -0.25) is 4.79 Å². The molecule has 7 heteroatoms. The molecule has 2 fully saturated rings. The van der Waals surface area contributed by atoms with Crippen molar-refractivity contribution in [1.82, 2.24) is 14.7 Å². The molecule has 2 saturated heterocycles. The van der Waals surface area contributed by atoms with Crippen LogP contribution in [0.15, 0.2) is 0 Å². The van der Waals surface area contributed by atoms with E-state index in [1.165, 1.54) is 0 Å². The van der Waals surface area contributed by atoms with Crippen molar-refractivity contribution < 1.29 is 14.3 Å². The molecule has 2 heterocycles. The van der Waals surface area contributed by atoms with E-state index in [1.807, 2.05) is 30.8 Å². The van der Waals surface area contributed by atoms with Crippen molar-refractivity contribution in [3.63, 3.8) is 0 Å². The average Bonchev–Trinajstić information content (AvgIpc) is 2.83. The van der Waals surface area contributed by atoms with Crippen LogP contribution in [0.25, 0.3) is 0 Å². The maximum absolute atomic E-state index is 12.4. The van der Waals surface area contributed by atoms with Crippen LogP contribution < -0.4 is 0 Å². The summed E-state index contributed by atoms with van der Waals surface area (Å²) in [6, 6.07) is 0. The third kappa shape index (κ3) is 4.79. The summed E-state index contributed by atoms with van der Waals surface area (Å²) in [6.07, 6.45) is 2.26. The SMILES string of the molecule is CCS[C@H](C)C(=O)N1CCC2(CC1)CN(CCCN(C)C)C(=O)O2. The Kier molecular flexibility index (Phi) is 6.80. The topological polar surface area (TPSA) is 53.1 Å². The van der Waals surface area contributed by atoms with Crippen LogP contribution in [0, 0.1) is 0 Å². The zero-order valence-corrected chi connectivity index (χ0v) is 16.2. The molecule has 0 saturated carbocycles. The second-order valence-corrected chi connectivity index (χ2v) is 8.67. The van der Waals surface area contributed by atoms with Crippen molar-refractivity contribution in [2.45, 2.75) is 44.0 Å². The Labute approximate surface area is 149 Å². The van der Waals surface area contributed by atoms with Gasteiger partial charge >= 0.3 is 6.09 Å². The zero-order valence-electron chi connectivity index (χ0n) is 15.4. The molecule has 0 radical (unpaired) electrons. The Balaban J connectivity index is 1.82. The third-order valence-electron chi connectivity index (χ3n) is 4.83. The Morgan fingerprint density at radius 1 is 1.38 bits per heavy atom. The van der Waals surface area contributed by atoms with Gasteiger partial charge in [0.2, 0.25) is 5.91 Å². The van der Waals surface area contributed by atoms with Crippen LogP contribution in [0.3, 0.4) is 0 Å². The molecule has 2 rings (SSSR count). The van der Waals surface area contributed by atoms with Crippen LogP contribution in [-0.2, 0) is 9.53 Å². The van der Waals surface area contributed by atoms with Crippen molar-refractivity contribution in [1.29, 1.82) is 0 Å². The predicted octanol–water partition coefficient (Wildman–Crippen LogP) is 1.89. The lowest BCUT2D eigenvalue weighted by Gasteiger charge is -2.38. The van der Waals surface area contributed by atoms with Gasteiger partial charge in [0.25, 0.3) is 0 Å². The number of piperidine rings is 1. The summed E-state index contributed by atoms with van der Waals surface area (Å²) in [5.41, 5.74) is -0.382. The number of carbonyl (C=O) groups is 2. The summed E-state index contributed by atoms with van der Waals surface area (Å²) < 4.78 is 5.73. The molecule has 0 unspecified atom stereocenters. The van der Waals surface area contributed by atoms with Crippen molar-refractivity contribution in [2.75, 3.05) is 52.6 Å². The van der Waals surface area contributed by atoms with Crippen LogP contribution >= 0.6 is 11.8 Å². The molecular formula is C17H31N3O3S. The lowest BCUT2D eigenvalue weighted by Crippen LogP contribution is -2.50. The summed E-state index contributed by atoms with van der Waals surface area (Å²) in [4.78, 5) is 30.4. The molecule has 2 amide bonds. The quantitative estimate of drug-likeness (QED) is 0.696. The van der Waals surface area contributed by atoms with E-state index in [2.05, 4.69) is 11.8 Å². The zero-order chi connectivity index (χ0) is 17.7. The van der Waals surface area contributed by atoms with Gasteiger partial charge in [-0.25, -0.2) is 4.79 Å². The largest absolute Gasteiger partial charge is 0.441 e. The molecule has 138 valence electrons. The van der Waals surface area contributed by atoms with Gasteiger partial charge in [-0.2, -0.15) is 0 Å². The minimum atomic E-state index is -0.382. The van der Waals surface area contributed by atoms with Crippen molar-refractivity contribution >= 4 is 23.8 Å². The average molecular weight is 358 g/mol. The number of hydrogen-bond donors (Lipinski definition) is 0. The maximum Gasteiger partial charge on any atom is 0.410 e. The van der Waals surface area contributed by atoms with Crippen LogP contribution in [0.5, 0.6) is 0 Å². The number of thioether (sulfide) groups is 1. The standard InChI is InChI=1S/C17H31N3O3S/c1-5-24-14(2)15(21)19-11-7-17(8-12-19)13-20(16(22)23-17)10-6-9-18(3)4/h14H,5-13H2,1-4H3/t14-/m1/s1. The Bertz CT molecular complexity index is 450. The van der Waals surface area contributed by atoms with E-state index in [4.69, 9.17) is 4.74 Å². The van der Waals surface area contributed by atoms with Gasteiger partial charge in [0.1, 0.15) is 5.60 Å². The number of hydrogen-bond acceptors (Lipinski definition) is 5. The van der Waals surface area contributed by atoms with E-state index in [9.17, 15) is 9.59 Å². The number of likely N-dealkylation sites (tertiary alicyclic amines) is 1. The Hall–Kier alpha value is -0.950. The molecule has 2 aliphatic rings. The fourth-order valence-corrected chi connectivity index (χ4v) is 4.21. The first-order chi connectivity index (χ1) is 11.4. The summed E-state index contributed by atoms with van der Waals surface area (Å²) in [6.45, 7) is 7.79. The Morgan fingerprint density at radius 2 is 2.04 bits per heavy atom. The van der Waals surface area contributed by atoms with E-state index in [0.717, 1.165) is 38.1 Å². The highest BCUT2D eigenvalue weighted by molar-refractivity contribution is 8.00. The molecule has 1 spiro atoms. The minimum absolute atomic E-state index is 0.0118. The maximum atomic E-state index is 12.4. The number of nitrogens with zero attached hydrogens (tertiary/aromatic N) is 3. The second-order valence-electron chi connectivity index (χ2n) is 7.05. The second kappa shape index (κ2) is 8.43. The van der Waals surface area contributed by atoms with Crippen molar-refractivity contribution in [3.05, 3.63) is 0 Å². The minimum Gasteiger partial charge on any atom is -0.441 e. The van der Waals surface area contributed by atoms with E-state index in [-0.39, 0.29) is 22.9 Å². The van der Waals surface area contributed by atoms with Gasteiger partial charge in [0.05, 0.1) is 11.8 Å². The molecule has 0 N–H and O–H groups in total. The molecule has 0 aliphatic carbocycles. The van der Waals surface area contributed by atoms with Crippen molar-refractivity contribution in [3.8, 4) is 0 Å². The lowest BCUT2D eigenvalue weighted by molar-refractivity contribution is -0.133. The first kappa shape index (κ1) is 19.4. The van der Waals surface area contributed by atoms with Gasteiger partial charge in [0, 0.05) is 32.5 Å². The van der Waals surface area contributed by atoms with E-state index in [0.29, 0.717) is 19.6 Å². The summed E-state index contributed by atoms with van der Waals surface area (Å²) in [7, 11) is 4.07. The highest BCUT2D eigenvalue weighted by Gasteiger charge is 2.47. The van der Waals surface area contributed by atoms with Gasteiger partial charge < -0.3 is 19.4 Å². The normalized spacial score (nSPS) is 21.5. The van der Waals surface area contributed by atoms with Gasteiger partial charge in [0.15, 0.2) is 0 Å². The lowest BCUT2D eigenvalue weighted by atomic mass is 9.91. The highest BCUT2D eigenvalue weighted by Crippen LogP contribution is 2.33. The monoisotopic (exact) mass is 357 g/mol. The third-order valence-corrected chi connectivity index (χ3v) is 5.86. The molecule has 2 aliphatic heterocycles. The van der Waals surface area contributed by atoms with Crippen LogP contribution in [-0.4, -0.2) is 90.1 Å². The van der Waals surface area contributed by atoms with Crippen LogP contribution in [0.1, 0.15) is 33.1 Å². The van der Waals surface area contributed by atoms with E-state index >= 15 is 0 Å². The fraction of sp³-hybridized carbons (Fsp3) is 0.882. The number of carbonyl (C=O) groups excluding carboxylic acids is 2. The smallest absolute Gasteiger partial charge is 0.410 e. The fourth-order valence-electron chi connectivity index (χ4n) is 3.42. The van der Waals surface area contributed by atoms with E-state index < -0.39 is 0 Å². The summed E-state index contributed by atoms with van der Waals surface area (Å²) >= 11 is 1.68. The number of amides is 2. The first-order valence-corrected chi connectivity index (χ1v) is 9.95. The van der Waals surface area contributed by atoms with Gasteiger partial charge in [-0.05, 0) is 39.7 Å². The van der Waals surface area contributed by atoms with Gasteiger partial charge in [-0.15, -0.1) is 11.8 Å². The number of ether oxygens (including phenoxy) is 1. The van der Waals surface area contributed by atoms with Crippen molar-refractivity contribution in [2.24, 2.45) is 0 Å². The molecule has 0 bridgehead atoms.